The van der Waals surface area contributed by atoms with Gasteiger partial charge in [0.15, 0.2) is 0 Å². The summed E-state index contributed by atoms with van der Waals surface area (Å²) < 4.78 is 38.9. The summed E-state index contributed by atoms with van der Waals surface area (Å²) >= 11 is 0. The minimum absolute atomic E-state index is 0.159. The Morgan fingerprint density at radius 2 is 1.59 bits per heavy atom. The van der Waals surface area contributed by atoms with E-state index in [1.807, 2.05) is 13.8 Å². The number of benzene rings is 2. The number of anilines is 1. The highest BCUT2D eigenvalue weighted by Crippen LogP contribution is 2.27. The Bertz CT molecular complexity index is 876. The summed E-state index contributed by atoms with van der Waals surface area (Å²) in [5, 5.41) is 13.6. The van der Waals surface area contributed by atoms with Gasteiger partial charge in [-0.25, -0.2) is 13.1 Å². The summed E-state index contributed by atoms with van der Waals surface area (Å²) in [6.45, 7) is 5.38. The van der Waals surface area contributed by atoms with Crippen LogP contribution in [0.25, 0.3) is 0 Å². The van der Waals surface area contributed by atoms with Gasteiger partial charge in [-0.3, -0.25) is 0 Å². The lowest BCUT2D eigenvalue weighted by Crippen LogP contribution is -2.52. The summed E-state index contributed by atoms with van der Waals surface area (Å²) in [4.78, 5) is 0.159. The van der Waals surface area contributed by atoms with Crippen LogP contribution in [0.4, 0.5) is 5.69 Å². The van der Waals surface area contributed by atoms with Crippen molar-refractivity contribution in [3.8, 4) is 11.5 Å². The van der Waals surface area contributed by atoms with Gasteiger partial charge in [0.2, 0.25) is 10.0 Å². The highest BCUT2D eigenvalue weighted by Gasteiger charge is 2.30. The van der Waals surface area contributed by atoms with Crippen molar-refractivity contribution in [2.45, 2.75) is 50.3 Å². The van der Waals surface area contributed by atoms with Crippen molar-refractivity contribution in [2.24, 2.45) is 0 Å². The van der Waals surface area contributed by atoms with Crippen molar-refractivity contribution < 1.29 is 23.0 Å². The number of aliphatic hydroxyl groups excluding tert-OH is 1. The largest absolute Gasteiger partial charge is 0.497 e. The molecule has 0 saturated heterocycles. The third-order valence-electron chi connectivity index (χ3n) is 4.72. The van der Waals surface area contributed by atoms with Gasteiger partial charge in [-0.15, -0.1) is 0 Å². The maximum atomic E-state index is 12.8. The molecule has 0 aliphatic carbocycles. The van der Waals surface area contributed by atoms with Crippen LogP contribution < -0.4 is 19.5 Å². The Labute approximate surface area is 173 Å². The Kier molecular flexibility index (Phi) is 7.89. The summed E-state index contributed by atoms with van der Waals surface area (Å²) in [6.07, 6.45) is -0.342. The van der Waals surface area contributed by atoms with E-state index < -0.39 is 22.2 Å². The molecule has 2 aromatic rings. The van der Waals surface area contributed by atoms with Crippen LogP contribution in [0.3, 0.4) is 0 Å². The van der Waals surface area contributed by atoms with E-state index in [4.69, 9.17) is 9.47 Å². The summed E-state index contributed by atoms with van der Waals surface area (Å²) in [7, 11) is -0.674. The number of aliphatic hydroxyl groups is 1. The van der Waals surface area contributed by atoms with Crippen molar-refractivity contribution in [1.29, 1.82) is 0 Å². The quantitative estimate of drug-likeness (QED) is 0.545. The molecule has 0 aromatic heterocycles. The van der Waals surface area contributed by atoms with Gasteiger partial charge in [-0.1, -0.05) is 24.6 Å². The van der Waals surface area contributed by atoms with Crippen molar-refractivity contribution in [2.75, 3.05) is 19.5 Å². The fourth-order valence-corrected chi connectivity index (χ4v) is 4.38. The van der Waals surface area contributed by atoms with Crippen LogP contribution in [0, 0.1) is 6.92 Å². The molecule has 8 heteroatoms. The van der Waals surface area contributed by atoms with Gasteiger partial charge in [-0.2, -0.15) is 0 Å². The van der Waals surface area contributed by atoms with E-state index in [0.717, 1.165) is 5.56 Å². The predicted molar refractivity (Wildman–Crippen MR) is 114 cm³/mol. The molecule has 0 aliphatic rings. The zero-order chi connectivity index (χ0) is 21.6. The number of nitrogens with one attached hydrogen (secondary N) is 2. The van der Waals surface area contributed by atoms with Gasteiger partial charge in [-0.05, 0) is 32.4 Å². The minimum Gasteiger partial charge on any atom is -0.497 e. The van der Waals surface area contributed by atoms with Gasteiger partial charge < -0.3 is 19.9 Å². The lowest BCUT2D eigenvalue weighted by atomic mass is 10.0. The van der Waals surface area contributed by atoms with Crippen molar-refractivity contribution >= 4 is 15.7 Å². The molecule has 2 rings (SSSR count). The number of rotatable bonds is 10. The Balaban J connectivity index is 2.29. The lowest BCUT2D eigenvalue weighted by molar-refractivity contribution is 0.145. The van der Waals surface area contributed by atoms with E-state index >= 15 is 0 Å². The smallest absolute Gasteiger partial charge is 0.240 e. The van der Waals surface area contributed by atoms with E-state index in [9.17, 15) is 13.5 Å². The van der Waals surface area contributed by atoms with Crippen LogP contribution >= 0.6 is 0 Å². The van der Waals surface area contributed by atoms with E-state index in [2.05, 4.69) is 10.0 Å². The van der Waals surface area contributed by atoms with Crippen LogP contribution in [0.2, 0.25) is 0 Å². The summed E-state index contributed by atoms with van der Waals surface area (Å²) in [6, 6.07) is 10.8. The van der Waals surface area contributed by atoms with E-state index in [1.165, 1.54) is 0 Å². The molecule has 0 spiro atoms. The molecule has 3 atom stereocenters. The molecule has 0 bridgehead atoms. The monoisotopic (exact) mass is 422 g/mol. The Morgan fingerprint density at radius 3 is 2.03 bits per heavy atom. The second-order valence-corrected chi connectivity index (χ2v) is 8.68. The van der Waals surface area contributed by atoms with E-state index in [0.29, 0.717) is 23.6 Å². The molecule has 29 heavy (non-hydrogen) atoms. The standard InChI is InChI=1S/C21H30N2O5S/c1-6-20(22-16-11-17(27-4)13-18(12-16)28-5)21(15(3)24)23-29(25,26)19-9-7-14(2)8-10-19/h7-13,15,20-24H,6H2,1-5H3/t15-,20+,21-/m0/s1. The molecule has 0 fully saturated rings. The number of sulfonamides is 1. The molecule has 0 heterocycles. The zero-order valence-corrected chi connectivity index (χ0v) is 18.3. The van der Waals surface area contributed by atoms with Crippen molar-refractivity contribution in [3.05, 3.63) is 48.0 Å². The van der Waals surface area contributed by atoms with Gasteiger partial charge in [0.05, 0.1) is 31.3 Å². The van der Waals surface area contributed by atoms with Gasteiger partial charge in [0.25, 0.3) is 0 Å². The number of hydrogen-bond acceptors (Lipinski definition) is 6. The van der Waals surface area contributed by atoms with Crippen LogP contribution in [0.5, 0.6) is 11.5 Å². The molecular formula is C21H30N2O5S. The second kappa shape index (κ2) is 9.96. The highest BCUT2D eigenvalue weighted by atomic mass is 32.2. The molecule has 0 unspecified atom stereocenters. The fraction of sp³-hybridized carbons (Fsp3) is 0.429. The first-order valence-electron chi connectivity index (χ1n) is 9.46. The van der Waals surface area contributed by atoms with Crippen LogP contribution in [-0.2, 0) is 10.0 Å². The van der Waals surface area contributed by atoms with Crippen LogP contribution in [0.1, 0.15) is 25.8 Å². The third-order valence-corrected chi connectivity index (χ3v) is 6.19. The highest BCUT2D eigenvalue weighted by molar-refractivity contribution is 7.89. The fourth-order valence-electron chi connectivity index (χ4n) is 3.03. The Morgan fingerprint density at radius 1 is 1.03 bits per heavy atom. The molecule has 0 radical (unpaired) electrons. The van der Waals surface area contributed by atoms with Crippen LogP contribution in [0.15, 0.2) is 47.4 Å². The maximum absolute atomic E-state index is 12.8. The first-order chi connectivity index (χ1) is 13.7. The summed E-state index contributed by atoms with van der Waals surface area (Å²) in [5.74, 6) is 1.21. The number of ether oxygens (including phenoxy) is 2. The molecule has 3 N–H and O–H groups in total. The van der Waals surface area contributed by atoms with Crippen LogP contribution in [-0.4, -0.2) is 45.9 Å². The molecule has 2 aromatic carbocycles. The number of methoxy groups -OCH3 is 2. The lowest BCUT2D eigenvalue weighted by Gasteiger charge is -2.31. The average Bonchev–Trinajstić information content (AvgIpc) is 2.70. The molecule has 0 aliphatic heterocycles. The zero-order valence-electron chi connectivity index (χ0n) is 17.5. The minimum atomic E-state index is -3.79. The normalized spacial score (nSPS) is 14.7. The molecule has 0 saturated carbocycles. The number of aryl methyl sites for hydroxylation is 1. The average molecular weight is 423 g/mol. The molecule has 160 valence electrons. The van der Waals surface area contributed by atoms with E-state index in [-0.39, 0.29) is 10.9 Å². The Hall–Kier alpha value is -2.29. The van der Waals surface area contributed by atoms with Crippen molar-refractivity contribution in [1.82, 2.24) is 4.72 Å². The second-order valence-electron chi connectivity index (χ2n) is 6.96. The van der Waals surface area contributed by atoms with Gasteiger partial charge in [0, 0.05) is 29.9 Å². The first-order valence-corrected chi connectivity index (χ1v) is 10.9. The van der Waals surface area contributed by atoms with Crippen molar-refractivity contribution in [3.63, 3.8) is 0 Å². The number of hydrogen-bond donors (Lipinski definition) is 3. The van der Waals surface area contributed by atoms with E-state index in [1.54, 1.807) is 63.6 Å². The molecular weight excluding hydrogens is 392 g/mol. The van der Waals surface area contributed by atoms with Gasteiger partial charge in [0.1, 0.15) is 11.5 Å². The molecule has 0 amide bonds. The third kappa shape index (κ3) is 6.09. The molecule has 7 nitrogen and oxygen atoms in total. The SMILES string of the molecule is CC[C@@H](Nc1cc(OC)cc(OC)c1)[C@@H](NS(=O)(=O)c1ccc(C)cc1)[C@H](C)O. The first kappa shape index (κ1) is 23.0. The topological polar surface area (TPSA) is 96.9 Å². The summed E-state index contributed by atoms with van der Waals surface area (Å²) in [5.41, 5.74) is 1.67. The predicted octanol–water partition coefficient (Wildman–Crippen LogP) is 2.93. The maximum Gasteiger partial charge on any atom is 0.240 e. The van der Waals surface area contributed by atoms with Gasteiger partial charge >= 0.3 is 0 Å².